The van der Waals surface area contributed by atoms with E-state index in [1.807, 2.05) is 5.79 Å². The molecule has 0 saturated heterocycles. The predicted molar refractivity (Wildman–Crippen MR) is 34.7 cm³/mol. The van der Waals surface area contributed by atoms with Crippen LogP contribution >= 0.6 is 0 Å². The molecule has 6 heteroatoms. The van der Waals surface area contributed by atoms with Crippen LogP contribution in [0.1, 0.15) is 0 Å². The average molecular weight is 191 g/mol. The van der Waals surface area contributed by atoms with Gasteiger partial charge in [0.25, 0.3) is 0 Å². The molecule has 8 N–H and O–H groups in total. The van der Waals surface area contributed by atoms with E-state index in [4.69, 9.17) is 4.72 Å². The molecule has 0 saturated carbocycles. The SMILES string of the molecule is O.O.[CH3-].[CH3][Al][NH2].[NH2-].[Zn+2]. The van der Waals surface area contributed by atoms with Gasteiger partial charge in [-0.1, -0.05) is 5.79 Å². The Balaban J connectivity index is -0.00000000200. The normalized spacial score (nSPS) is 1.75. The standard InChI is InChI=1S/2CH3.Al.2H2N.2H2O.Zn/h2*1H3;;4*1H2;/q;-1;+1;2*-1;;;+2. The van der Waals surface area contributed by atoms with Gasteiger partial charge in [0.2, 0.25) is 0 Å². The Labute approximate surface area is 70.1 Å². The smallest absolute Gasteiger partial charge is 0.693 e. The zero-order valence-electron chi connectivity index (χ0n) is 5.44. The molecule has 0 aliphatic rings. The summed E-state index contributed by atoms with van der Waals surface area (Å²) in [7, 11) is 0. The zero-order chi connectivity index (χ0) is 2.71. The summed E-state index contributed by atoms with van der Waals surface area (Å²) in [5.41, 5.74) is 0. The molecule has 0 aromatic heterocycles. The van der Waals surface area contributed by atoms with Crippen LogP contribution in [0, 0.1) is 7.43 Å². The Bertz CT molecular complexity index is 18.0. The molecule has 0 aromatic carbocycles. The Morgan fingerprint density at radius 1 is 1.25 bits per heavy atom. The van der Waals surface area contributed by atoms with Gasteiger partial charge in [0.05, 0.1) is 0 Å². The molecule has 0 bridgehead atoms. The van der Waals surface area contributed by atoms with Crippen molar-refractivity contribution in [3.05, 3.63) is 13.6 Å². The first-order valence-corrected chi connectivity index (χ1v) is 2.73. The molecule has 49 valence electrons. The van der Waals surface area contributed by atoms with Gasteiger partial charge in [-0.25, -0.2) is 0 Å². The molecule has 0 aliphatic carbocycles. The van der Waals surface area contributed by atoms with Crippen LogP contribution in [0.5, 0.6) is 0 Å². The second kappa shape index (κ2) is 98.2. The van der Waals surface area contributed by atoms with Crippen molar-refractivity contribution in [3.8, 4) is 0 Å². The van der Waals surface area contributed by atoms with Gasteiger partial charge in [0, 0.05) is 0 Å². The molecular formula is C2H14AlN2O2Zn. The van der Waals surface area contributed by atoms with Crippen molar-refractivity contribution in [1.29, 1.82) is 0 Å². The molecule has 1 radical (unpaired) electrons. The fourth-order valence-corrected chi connectivity index (χ4v) is 0. The van der Waals surface area contributed by atoms with Crippen molar-refractivity contribution in [2.24, 2.45) is 4.72 Å². The van der Waals surface area contributed by atoms with Crippen LogP contribution in [0.3, 0.4) is 0 Å². The van der Waals surface area contributed by atoms with E-state index >= 15 is 0 Å². The summed E-state index contributed by atoms with van der Waals surface area (Å²) in [4.78, 5) is 0. The van der Waals surface area contributed by atoms with Gasteiger partial charge in [0.1, 0.15) is 0 Å². The monoisotopic (exact) mass is 189 g/mol. The number of rotatable bonds is 0. The fraction of sp³-hybridized carbons (Fsp3) is 0.500. The number of hydrogen-bond donors (Lipinski definition) is 1. The zero-order valence-corrected chi connectivity index (χ0v) is 9.56. The number of hydrogen-bond acceptors (Lipinski definition) is 1. The largest absolute Gasteiger partial charge is 2.00 e. The second-order valence-electron chi connectivity index (χ2n) is 0.333. The van der Waals surface area contributed by atoms with Crippen LogP contribution in [0.15, 0.2) is 0 Å². The first kappa shape index (κ1) is 64.1. The van der Waals surface area contributed by atoms with Crippen molar-refractivity contribution in [2.45, 2.75) is 5.79 Å². The summed E-state index contributed by atoms with van der Waals surface area (Å²) < 4.78 is 4.93. The Morgan fingerprint density at radius 2 is 1.25 bits per heavy atom. The topological polar surface area (TPSA) is 123 Å². The van der Waals surface area contributed by atoms with Crippen LogP contribution in [0.2, 0.25) is 5.79 Å². The summed E-state index contributed by atoms with van der Waals surface area (Å²) in [6, 6.07) is 0. The van der Waals surface area contributed by atoms with Gasteiger partial charge in [-0.15, -0.1) is 0 Å². The molecule has 0 atom stereocenters. The van der Waals surface area contributed by atoms with E-state index in [1.54, 1.807) is 0 Å². The quantitative estimate of drug-likeness (QED) is 0.387. The molecule has 0 fully saturated rings. The summed E-state index contributed by atoms with van der Waals surface area (Å²) in [5, 5.41) is 0. The molecule has 8 heavy (non-hydrogen) atoms. The van der Waals surface area contributed by atoms with Gasteiger partial charge < -0.3 is 29.2 Å². The average Bonchev–Trinajstić information content (AvgIpc) is 0.918. The van der Waals surface area contributed by atoms with E-state index in [1.165, 1.54) is 0 Å². The molecule has 0 heterocycles. The van der Waals surface area contributed by atoms with Crippen molar-refractivity contribution in [3.63, 3.8) is 0 Å². The maximum Gasteiger partial charge on any atom is 2.00 e. The third-order valence-corrected chi connectivity index (χ3v) is 0. The van der Waals surface area contributed by atoms with Crippen LogP contribution in [0.25, 0.3) is 6.15 Å². The van der Waals surface area contributed by atoms with E-state index in [9.17, 15) is 0 Å². The van der Waals surface area contributed by atoms with E-state index in [-0.39, 0.29) is 59.4 Å². The Morgan fingerprint density at radius 3 is 1.25 bits per heavy atom. The summed E-state index contributed by atoms with van der Waals surface area (Å²) in [6.45, 7) is 0. The van der Waals surface area contributed by atoms with Crippen molar-refractivity contribution in [2.75, 3.05) is 0 Å². The first-order chi connectivity index (χ1) is 1.41. The van der Waals surface area contributed by atoms with Crippen molar-refractivity contribution in [1.82, 2.24) is 0 Å². The van der Waals surface area contributed by atoms with Crippen LogP contribution < -0.4 is 4.72 Å². The van der Waals surface area contributed by atoms with Crippen molar-refractivity contribution < 1.29 is 30.4 Å². The molecule has 0 spiro atoms. The molecule has 0 aliphatic heterocycles. The van der Waals surface area contributed by atoms with Gasteiger partial charge >= 0.3 is 34.9 Å². The van der Waals surface area contributed by atoms with E-state index in [0.29, 0.717) is 0 Å². The van der Waals surface area contributed by atoms with E-state index < -0.39 is 0 Å². The molecule has 0 aromatic rings. The summed E-state index contributed by atoms with van der Waals surface area (Å²) in [6.07, 6.45) is 0. The third kappa shape index (κ3) is 254. The van der Waals surface area contributed by atoms with Crippen LogP contribution in [0.4, 0.5) is 0 Å². The minimum Gasteiger partial charge on any atom is -0.693 e. The van der Waals surface area contributed by atoms with E-state index in [0.717, 1.165) is 0 Å². The molecule has 0 unspecified atom stereocenters. The maximum absolute atomic E-state index is 4.93. The maximum atomic E-state index is 4.93. The minimum absolute atomic E-state index is 0. The fourth-order valence-electron chi connectivity index (χ4n) is 0. The number of nitrogens with two attached hydrogens (primary N) is 2. The van der Waals surface area contributed by atoms with Crippen LogP contribution in [-0.4, -0.2) is 26.4 Å². The molecular weight excluding hydrogens is 176 g/mol. The minimum atomic E-state index is 0. The van der Waals surface area contributed by atoms with Gasteiger partial charge in [-0.3, -0.25) is 0 Å². The molecule has 0 amide bonds. The van der Waals surface area contributed by atoms with Gasteiger partial charge in [0.15, 0.2) is 0 Å². The first-order valence-electron chi connectivity index (χ1n) is 0.911. The predicted octanol–water partition coefficient (Wildman–Crippen LogP) is -0.872. The van der Waals surface area contributed by atoms with Gasteiger partial charge in [-0.2, -0.15) is 0 Å². The van der Waals surface area contributed by atoms with Gasteiger partial charge in [-0.05, 0) is 0 Å². The molecule has 0 rings (SSSR count). The Hall–Kier alpha value is 0.996. The van der Waals surface area contributed by atoms with E-state index in [2.05, 4.69) is 0 Å². The van der Waals surface area contributed by atoms with Crippen molar-refractivity contribution >= 4 is 15.4 Å². The molecule has 4 nitrogen and oxygen atoms in total. The van der Waals surface area contributed by atoms with Crippen LogP contribution in [-0.2, 0) is 19.5 Å². The summed E-state index contributed by atoms with van der Waals surface area (Å²) in [5.74, 6) is 1.99. The third-order valence-electron chi connectivity index (χ3n) is 0. The summed E-state index contributed by atoms with van der Waals surface area (Å²) >= 11 is 0.250. The second-order valence-corrected chi connectivity index (χ2v) is 1.00. The Kier molecular flexibility index (Phi) is 787.